The fourth-order valence-corrected chi connectivity index (χ4v) is 6.72. The molecule has 0 saturated carbocycles. The summed E-state index contributed by atoms with van der Waals surface area (Å²) in [6.07, 6.45) is 43.8. The fraction of sp³-hybridized carbons (Fsp3) is 0.978. The van der Waals surface area contributed by atoms with Crippen LogP contribution in [0.25, 0.3) is 0 Å². The molecular formula is C45H91NO4. The highest BCUT2D eigenvalue weighted by Crippen LogP contribution is 2.13. The van der Waals surface area contributed by atoms with Crippen LogP contribution in [0, 0.1) is 0 Å². The zero-order chi connectivity index (χ0) is 36.3. The van der Waals surface area contributed by atoms with E-state index in [1.807, 2.05) is 0 Å². The summed E-state index contributed by atoms with van der Waals surface area (Å²) in [5.74, 6) is -0.0215. The van der Waals surface area contributed by atoms with Crippen molar-refractivity contribution in [1.29, 1.82) is 0 Å². The van der Waals surface area contributed by atoms with Crippen molar-refractivity contribution < 1.29 is 19.0 Å². The van der Waals surface area contributed by atoms with Crippen LogP contribution in [0.5, 0.6) is 0 Å². The highest BCUT2D eigenvalue weighted by molar-refractivity contribution is 5.69. The largest absolute Gasteiger partial charge is 0.466 e. The molecule has 0 aromatic carbocycles. The summed E-state index contributed by atoms with van der Waals surface area (Å²) in [6.45, 7) is 11.6. The van der Waals surface area contributed by atoms with Crippen LogP contribution in [-0.4, -0.2) is 51.6 Å². The van der Waals surface area contributed by atoms with E-state index in [1.165, 1.54) is 173 Å². The van der Waals surface area contributed by atoms with Gasteiger partial charge in [-0.3, -0.25) is 4.79 Å². The van der Waals surface area contributed by atoms with Crippen LogP contribution in [0.15, 0.2) is 0 Å². The molecule has 5 heteroatoms. The zero-order valence-corrected chi connectivity index (χ0v) is 34.5. The van der Waals surface area contributed by atoms with Crippen LogP contribution < -0.4 is 5.32 Å². The lowest BCUT2D eigenvalue weighted by Gasteiger charge is -2.19. The number of rotatable bonds is 44. The van der Waals surface area contributed by atoms with Gasteiger partial charge in [0, 0.05) is 26.2 Å². The average molecular weight is 710 g/mol. The molecule has 50 heavy (non-hydrogen) atoms. The molecule has 0 aliphatic heterocycles. The van der Waals surface area contributed by atoms with E-state index in [0.717, 1.165) is 64.8 Å². The molecule has 0 aromatic rings. The normalized spacial score (nSPS) is 12.1. The first kappa shape index (κ1) is 49.4. The third kappa shape index (κ3) is 41.8. The van der Waals surface area contributed by atoms with E-state index in [0.29, 0.717) is 19.6 Å². The number of unbranched alkanes of at least 4 members (excludes halogenated alkanes) is 29. The molecule has 0 amide bonds. The van der Waals surface area contributed by atoms with Gasteiger partial charge in [0.1, 0.15) is 0 Å². The monoisotopic (exact) mass is 710 g/mol. The van der Waals surface area contributed by atoms with Crippen molar-refractivity contribution in [3.63, 3.8) is 0 Å². The van der Waals surface area contributed by atoms with Crippen LogP contribution in [0.4, 0.5) is 0 Å². The van der Waals surface area contributed by atoms with Crippen LogP contribution in [0.3, 0.4) is 0 Å². The summed E-state index contributed by atoms with van der Waals surface area (Å²) < 4.78 is 17.9. The summed E-state index contributed by atoms with van der Waals surface area (Å²) in [4.78, 5) is 12.1. The first-order valence-electron chi connectivity index (χ1n) is 22.8. The second-order valence-electron chi connectivity index (χ2n) is 15.3. The van der Waals surface area contributed by atoms with Gasteiger partial charge in [-0.2, -0.15) is 0 Å². The number of ether oxygens (including phenoxy) is 3. The molecule has 0 heterocycles. The molecule has 1 atom stereocenters. The van der Waals surface area contributed by atoms with Gasteiger partial charge >= 0.3 is 5.97 Å². The Balaban J connectivity index is 3.99. The Kier molecular flexibility index (Phi) is 43.9. The number of esters is 1. The quantitative estimate of drug-likeness (QED) is 0.0504. The number of hydrogen-bond acceptors (Lipinski definition) is 5. The van der Waals surface area contributed by atoms with Gasteiger partial charge in [-0.05, 0) is 38.6 Å². The van der Waals surface area contributed by atoms with Gasteiger partial charge in [0.05, 0.1) is 19.3 Å². The van der Waals surface area contributed by atoms with E-state index >= 15 is 0 Å². The zero-order valence-electron chi connectivity index (χ0n) is 34.5. The Hall–Kier alpha value is -0.650. The van der Waals surface area contributed by atoms with Crippen molar-refractivity contribution in [2.24, 2.45) is 0 Å². The van der Waals surface area contributed by atoms with E-state index in [1.54, 1.807) is 0 Å². The highest BCUT2D eigenvalue weighted by atomic mass is 16.5. The van der Waals surface area contributed by atoms with Gasteiger partial charge in [0.25, 0.3) is 0 Å². The summed E-state index contributed by atoms with van der Waals surface area (Å²) in [5, 5.41) is 3.61. The molecule has 0 aliphatic rings. The lowest BCUT2D eigenvalue weighted by molar-refractivity contribution is -0.143. The Morgan fingerprint density at radius 1 is 0.440 bits per heavy atom. The van der Waals surface area contributed by atoms with Crippen LogP contribution in [0.1, 0.15) is 239 Å². The number of nitrogens with one attached hydrogen (secondary N) is 1. The van der Waals surface area contributed by atoms with Crippen molar-refractivity contribution >= 4 is 5.97 Å². The third-order valence-electron chi connectivity index (χ3n) is 10.2. The van der Waals surface area contributed by atoms with Crippen LogP contribution in [0.2, 0.25) is 0 Å². The van der Waals surface area contributed by atoms with E-state index < -0.39 is 0 Å². The van der Waals surface area contributed by atoms with Crippen molar-refractivity contribution in [2.45, 2.75) is 245 Å². The lowest BCUT2D eigenvalue weighted by Crippen LogP contribution is -2.34. The molecule has 5 nitrogen and oxygen atoms in total. The van der Waals surface area contributed by atoms with E-state index in [2.05, 4.69) is 26.1 Å². The van der Waals surface area contributed by atoms with Gasteiger partial charge in [-0.1, -0.05) is 201 Å². The second-order valence-corrected chi connectivity index (χ2v) is 15.3. The third-order valence-corrected chi connectivity index (χ3v) is 10.2. The van der Waals surface area contributed by atoms with Crippen molar-refractivity contribution in [2.75, 3.05) is 39.5 Å². The Labute approximate surface area is 314 Å². The maximum absolute atomic E-state index is 12.1. The minimum absolute atomic E-state index is 0.0215. The topological polar surface area (TPSA) is 56.8 Å². The molecule has 300 valence electrons. The molecule has 0 bridgehead atoms. The molecule has 1 unspecified atom stereocenters. The van der Waals surface area contributed by atoms with Gasteiger partial charge in [-0.15, -0.1) is 0 Å². The van der Waals surface area contributed by atoms with Crippen molar-refractivity contribution in [3.05, 3.63) is 0 Å². The van der Waals surface area contributed by atoms with Crippen LogP contribution in [-0.2, 0) is 19.0 Å². The predicted octanol–water partition coefficient (Wildman–Crippen LogP) is 13.8. The minimum Gasteiger partial charge on any atom is -0.466 e. The van der Waals surface area contributed by atoms with Crippen molar-refractivity contribution in [3.8, 4) is 0 Å². The van der Waals surface area contributed by atoms with Crippen molar-refractivity contribution in [1.82, 2.24) is 5.32 Å². The molecular weight excluding hydrogens is 618 g/mol. The molecule has 0 aliphatic carbocycles. The molecule has 0 radical (unpaired) electrons. The van der Waals surface area contributed by atoms with Gasteiger partial charge < -0.3 is 19.5 Å². The highest BCUT2D eigenvalue weighted by Gasteiger charge is 2.10. The predicted molar refractivity (Wildman–Crippen MR) is 218 cm³/mol. The summed E-state index contributed by atoms with van der Waals surface area (Å²) >= 11 is 0. The molecule has 0 saturated heterocycles. The average Bonchev–Trinajstić information content (AvgIpc) is 3.12. The van der Waals surface area contributed by atoms with Gasteiger partial charge in [-0.25, -0.2) is 0 Å². The Morgan fingerprint density at radius 2 is 0.820 bits per heavy atom. The first-order chi connectivity index (χ1) is 24.7. The van der Waals surface area contributed by atoms with Crippen LogP contribution >= 0.6 is 0 Å². The maximum atomic E-state index is 12.1. The summed E-state index contributed by atoms with van der Waals surface area (Å²) in [5.41, 5.74) is 0. The molecule has 0 fully saturated rings. The number of carbonyl (C=O) groups is 1. The fourth-order valence-electron chi connectivity index (χ4n) is 6.72. The summed E-state index contributed by atoms with van der Waals surface area (Å²) in [6, 6.07) is 0. The Morgan fingerprint density at radius 3 is 1.28 bits per heavy atom. The maximum Gasteiger partial charge on any atom is 0.305 e. The molecule has 0 aromatic heterocycles. The number of carbonyl (C=O) groups excluding carboxylic acids is 1. The summed E-state index contributed by atoms with van der Waals surface area (Å²) in [7, 11) is 0. The van der Waals surface area contributed by atoms with E-state index in [-0.39, 0.29) is 12.1 Å². The molecule has 0 rings (SSSR count). The first-order valence-corrected chi connectivity index (χ1v) is 22.8. The standard InChI is InChI=1S/C45H91NO4/c1-4-7-10-13-16-19-21-22-24-27-29-35-40-49-44(43-48-39-34-28-25-23-20-17-14-11-8-5-2)42-46-38-33-31-32-37-45(47)50-41-36-30-26-18-15-12-9-6-3/h44,46H,4-43H2,1-3H3. The Bertz CT molecular complexity index is 630. The van der Waals surface area contributed by atoms with Gasteiger partial charge in [0.15, 0.2) is 0 Å². The SMILES string of the molecule is CCCCCCCCCCCCCCOC(CNCCCCCC(=O)OCCCCCCCCCC)COCCCCCCCCCCCC. The van der Waals surface area contributed by atoms with E-state index in [4.69, 9.17) is 14.2 Å². The second kappa shape index (κ2) is 44.5. The molecule has 1 N–H and O–H groups in total. The number of hydrogen-bond donors (Lipinski definition) is 1. The van der Waals surface area contributed by atoms with E-state index in [9.17, 15) is 4.79 Å². The molecule has 0 spiro atoms. The minimum atomic E-state index is -0.0215. The lowest BCUT2D eigenvalue weighted by atomic mass is 10.1. The smallest absolute Gasteiger partial charge is 0.305 e. The van der Waals surface area contributed by atoms with Gasteiger partial charge in [0.2, 0.25) is 0 Å².